The Hall–Kier alpha value is -4.51. The molecule has 10 nitrogen and oxygen atoms in total. The molecule has 4 rings (SSSR count). The normalized spacial score (nSPS) is 10.9. The predicted octanol–water partition coefficient (Wildman–Crippen LogP) is 4.95. The van der Waals surface area contributed by atoms with E-state index in [1.165, 1.54) is 25.5 Å². The number of benzene rings is 3. The van der Waals surface area contributed by atoms with Crippen LogP contribution >= 0.6 is 15.9 Å². The molecule has 1 N–H and O–H groups in total. The maximum atomic E-state index is 12.4. The SMILES string of the molecule is COc1ccc(/C=N\NC(=O)c2ccn(Cc3ccc(Br)cc3)n2)cc1OCc1ccc([N+](=O)[O-])cc1. The van der Waals surface area contributed by atoms with Crippen molar-refractivity contribution in [3.8, 4) is 11.5 Å². The van der Waals surface area contributed by atoms with Gasteiger partial charge in [-0.05, 0) is 65.2 Å². The lowest BCUT2D eigenvalue weighted by Crippen LogP contribution is -2.18. The van der Waals surface area contributed by atoms with Crippen molar-refractivity contribution < 1.29 is 19.2 Å². The van der Waals surface area contributed by atoms with Crippen molar-refractivity contribution in [2.45, 2.75) is 13.2 Å². The number of rotatable bonds is 10. The van der Waals surface area contributed by atoms with Gasteiger partial charge in [-0.15, -0.1) is 0 Å². The second-order valence-electron chi connectivity index (χ2n) is 7.85. The van der Waals surface area contributed by atoms with Gasteiger partial charge in [-0.1, -0.05) is 28.1 Å². The molecule has 0 aliphatic heterocycles. The Balaban J connectivity index is 1.35. The van der Waals surface area contributed by atoms with Crippen molar-refractivity contribution in [1.82, 2.24) is 15.2 Å². The first-order chi connectivity index (χ1) is 17.9. The van der Waals surface area contributed by atoms with Gasteiger partial charge < -0.3 is 9.47 Å². The van der Waals surface area contributed by atoms with Crippen LogP contribution < -0.4 is 14.9 Å². The Morgan fingerprint density at radius 3 is 2.51 bits per heavy atom. The average Bonchev–Trinajstić information content (AvgIpc) is 3.37. The molecule has 0 bridgehead atoms. The average molecular weight is 564 g/mol. The molecular weight excluding hydrogens is 542 g/mol. The fourth-order valence-corrected chi connectivity index (χ4v) is 3.60. The third kappa shape index (κ3) is 7.01. The molecule has 188 valence electrons. The summed E-state index contributed by atoms with van der Waals surface area (Å²) >= 11 is 3.41. The molecule has 11 heteroatoms. The van der Waals surface area contributed by atoms with Crippen molar-refractivity contribution in [1.29, 1.82) is 0 Å². The highest BCUT2D eigenvalue weighted by Gasteiger charge is 2.10. The Bertz CT molecular complexity index is 1420. The fraction of sp³-hybridized carbons (Fsp3) is 0.115. The quantitative estimate of drug-likeness (QED) is 0.165. The molecule has 1 heterocycles. The molecule has 4 aromatic rings. The van der Waals surface area contributed by atoms with Crippen LogP contribution in [0.2, 0.25) is 0 Å². The van der Waals surface area contributed by atoms with Crippen molar-refractivity contribution in [2.24, 2.45) is 5.10 Å². The summed E-state index contributed by atoms with van der Waals surface area (Å²) in [5.74, 6) is 0.538. The number of nitro benzene ring substituents is 1. The number of nitro groups is 1. The highest BCUT2D eigenvalue weighted by Crippen LogP contribution is 2.28. The van der Waals surface area contributed by atoms with Gasteiger partial charge >= 0.3 is 0 Å². The van der Waals surface area contributed by atoms with Crippen LogP contribution in [0.5, 0.6) is 11.5 Å². The van der Waals surface area contributed by atoms with Crippen molar-refractivity contribution >= 4 is 33.7 Å². The van der Waals surface area contributed by atoms with Crippen LogP contribution in [0.1, 0.15) is 27.2 Å². The molecule has 0 saturated carbocycles. The van der Waals surface area contributed by atoms with Gasteiger partial charge in [-0.3, -0.25) is 19.6 Å². The number of hydrazone groups is 1. The molecule has 0 saturated heterocycles. The third-order valence-electron chi connectivity index (χ3n) is 5.24. The van der Waals surface area contributed by atoms with Crippen molar-refractivity contribution in [2.75, 3.05) is 7.11 Å². The molecule has 0 unspecified atom stereocenters. The lowest BCUT2D eigenvalue weighted by molar-refractivity contribution is -0.384. The number of carbonyl (C=O) groups excluding carboxylic acids is 1. The van der Waals surface area contributed by atoms with E-state index in [0.29, 0.717) is 23.6 Å². The van der Waals surface area contributed by atoms with Gasteiger partial charge in [-0.25, -0.2) is 5.43 Å². The zero-order valence-electron chi connectivity index (χ0n) is 19.7. The minimum absolute atomic E-state index is 0.0120. The van der Waals surface area contributed by atoms with Gasteiger partial charge in [0.15, 0.2) is 17.2 Å². The van der Waals surface area contributed by atoms with Gasteiger partial charge in [0.1, 0.15) is 6.61 Å². The Morgan fingerprint density at radius 2 is 1.81 bits per heavy atom. The number of hydrogen-bond donors (Lipinski definition) is 1. The summed E-state index contributed by atoms with van der Waals surface area (Å²) in [5.41, 5.74) is 5.22. The molecule has 1 aromatic heterocycles. The molecule has 3 aromatic carbocycles. The number of ether oxygens (including phenoxy) is 2. The summed E-state index contributed by atoms with van der Waals surface area (Å²) in [5, 5.41) is 19.1. The lowest BCUT2D eigenvalue weighted by Gasteiger charge is -2.11. The van der Waals surface area contributed by atoms with Gasteiger partial charge in [0.2, 0.25) is 0 Å². The van der Waals surface area contributed by atoms with Crippen LogP contribution in [0.15, 0.2) is 88.6 Å². The molecule has 37 heavy (non-hydrogen) atoms. The lowest BCUT2D eigenvalue weighted by atomic mass is 10.2. The Kier molecular flexibility index (Phi) is 8.26. The van der Waals surface area contributed by atoms with E-state index in [1.807, 2.05) is 24.3 Å². The molecule has 0 aliphatic rings. The van der Waals surface area contributed by atoms with E-state index in [-0.39, 0.29) is 18.0 Å². The van der Waals surface area contributed by atoms with E-state index in [9.17, 15) is 14.9 Å². The summed E-state index contributed by atoms with van der Waals surface area (Å²) in [7, 11) is 1.53. The first-order valence-corrected chi connectivity index (χ1v) is 11.9. The van der Waals surface area contributed by atoms with Crippen LogP contribution in [-0.4, -0.2) is 33.9 Å². The highest BCUT2D eigenvalue weighted by atomic mass is 79.9. The number of amides is 1. The highest BCUT2D eigenvalue weighted by molar-refractivity contribution is 9.10. The number of methoxy groups -OCH3 is 1. The zero-order chi connectivity index (χ0) is 26.2. The predicted molar refractivity (Wildman–Crippen MR) is 141 cm³/mol. The minimum Gasteiger partial charge on any atom is -0.493 e. The minimum atomic E-state index is -0.454. The van der Waals surface area contributed by atoms with Crippen molar-refractivity contribution in [3.63, 3.8) is 0 Å². The van der Waals surface area contributed by atoms with Crippen LogP contribution in [0.3, 0.4) is 0 Å². The molecule has 0 atom stereocenters. The van der Waals surface area contributed by atoms with Gasteiger partial charge in [-0.2, -0.15) is 10.2 Å². The van der Waals surface area contributed by atoms with Crippen molar-refractivity contribution in [3.05, 3.63) is 116 Å². The summed E-state index contributed by atoms with van der Waals surface area (Å²) < 4.78 is 13.9. The molecule has 0 spiro atoms. The summed E-state index contributed by atoms with van der Waals surface area (Å²) in [6, 6.07) is 20.8. The topological polar surface area (TPSA) is 121 Å². The van der Waals surface area contributed by atoms with E-state index in [1.54, 1.807) is 47.3 Å². The second kappa shape index (κ2) is 12.0. The first kappa shape index (κ1) is 25.6. The van der Waals surface area contributed by atoms with Crippen LogP contribution in [0.25, 0.3) is 0 Å². The molecule has 0 radical (unpaired) electrons. The number of nitrogens with zero attached hydrogens (tertiary/aromatic N) is 4. The summed E-state index contributed by atoms with van der Waals surface area (Å²) in [6.07, 6.45) is 3.22. The molecule has 0 aliphatic carbocycles. The fourth-order valence-electron chi connectivity index (χ4n) is 3.33. The number of halogens is 1. The largest absolute Gasteiger partial charge is 0.493 e. The Morgan fingerprint density at radius 1 is 1.08 bits per heavy atom. The van der Waals surface area contributed by atoms with Gasteiger partial charge in [0.05, 0.1) is 24.8 Å². The van der Waals surface area contributed by atoms with Crippen LogP contribution in [0, 0.1) is 10.1 Å². The molecule has 1 amide bonds. The molecule has 0 fully saturated rings. The number of nitrogens with one attached hydrogen (secondary N) is 1. The van der Waals surface area contributed by atoms with Crippen LogP contribution in [-0.2, 0) is 13.2 Å². The number of hydrogen-bond acceptors (Lipinski definition) is 7. The smallest absolute Gasteiger partial charge is 0.291 e. The Labute approximate surface area is 220 Å². The summed E-state index contributed by atoms with van der Waals surface area (Å²) in [4.78, 5) is 22.8. The van der Waals surface area contributed by atoms with Gasteiger partial charge in [0, 0.05) is 22.8 Å². The maximum Gasteiger partial charge on any atom is 0.291 e. The monoisotopic (exact) mass is 563 g/mol. The summed E-state index contributed by atoms with van der Waals surface area (Å²) in [6.45, 7) is 0.729. The molecular formula is C26H22BrN5O5. The van der Waals surface area contributed by atoms with E-state index < -0.39 is 10.8 Å². The van der Waals surface area contributed by atoms with E-state index in [0.717, 1.165) is 15.6 Å². The van der Waals surface area contributed by atoms with E-state index >= 15 is 0 Å². The third-order valence-corrected chi connectivity index (χ3v) is 5.77. The number of non-ortho nitro benzene ring substituents is 1. The van der Waals surface area contributed by atoms with Crippen LogP contribution in [0.4, 0.5) is 5.69 Å². The maximum absolute atomic E-state index is 12.4. The first-order valence-electron chi connectivity index (χ1n) is 11.1. The standard InChI is InChI=1S/C26H22BrN5O5/c1-36-24-11-6-20(14-25(24)37-17-19-4-9-22(10-5-19)32(34)35)15-28-29-26(33)23-12-13-31(30-23)16-18-2-7-21(27)8-3-18/h2-15H,16-17H2,1H3,(H,29,33)/b28-15-. The van der Waals surface area contributed by atoms with E-state index in [4.69, 9.17) is 9.47 Å². The van der Waals surface area contributed by atoms with Gasteiger partial charge in [0.25, 0.3) is 11.6 Å². The number of carbonyl (C=O) groups is 1. The zero-order valence-corrected chi connectivity index (χ0v) is 21.3. The van der Waals surface area contributed by atoms with E-state index in [2.05, 4.69) is 31.6 Å². The number of aromatic nitrogens is 2. The second-order valence-corrected chi connectivity index (χ2v) is 8.76.